The predicted molar refractivity (Wildman–Crippen MR) is 89.6 cm³/mol. The van der Waals surface area contributed by atoms with Gasteiger partial charge in [0, 0.05) is 45.3 Å². The molecule has 3 aromatic rings. The smallest absolute Gasteiger partial charge is 0.0492 e. The van der Waals surface area contributed by atoms with Crippen LogP contribution in [0.3, 0.4) is 0 Å². The van der Waals surface area contributed by atoms with E-state index in [9.17, 15) is 0 Å². The average molecular weight is 281 g/mol. The number of thiophene rings is 1. The van der Waals surface area contributed by atoms with E-state index in [4.69, 9.17) is 11.5 Å². The zero-order valence-electron chi connectivity index (χ0n) is 11.1. The van der Waals surface area contributed by atoms with Crippen molar-refractivity contribution >= 4 is 39.0 Å². The zero-order valence-corrected chi connectivity index (χ0v) is 11.9. The Bertz CT molecular complexity index is 770. The van der Waals surface area contributed by atoms with E-state index in [0.717, 1.165) is 21.7 Å². The molecule has 0 aliphatic rings. The number of fused-ring (bicyclic) bond motifs is 1. The Labute approximate surface area is 121 Å². The first-order valence-electron chi connectivity index (χ1n) is 6.29. The minimum absolute atomic E-state index is 0.696. The lowest BCUT2D eigenvalue weighted by Gasteiger charge is -2.08. The fourth-order valence-corrected chi connectivity index (χ4v) is 3.36. The number of nitrogens with zero attached hydrogens (tertiary/aromatic N) is 1. The molecule has 0 saturated carbocycles. The molecule has 0 atom stereocenters. The van der Waals surface area contributed by atoms with E-state index >= 15 is 0 Å². The Hall–Kier alpha value is -2.33. The predicted octanol–water partition coefficient (Wildman–Crippen LogP) is 3.78. The van der Waals surface area contributed by atoms with Crippen LogP contribution in [0.25, 0.3) is 20.5 Å². The molecule has 0 unspecified atom stereocenters. The first-order valence-corrected chi connectivity index (χ1v) is 7.11. The third-order valence-electron chi connectivity index (χ3n) is 3.19. The van der Waals surface area contributed by atoms with Crippen LogP contribution in [0.5, 0.6) is 0 Å². The first kappa shape index (κ1) is 12.7. The van der Waals surface area contributed by atoms with Crippen molar-refractivity contribution in [3.63, 3.8) is 0 Å². The number of nitrogen functional groups attached to an aromatic ring is 2. The van der Waals surface area contributed by atoms with Gasteiger partial charge in [0.25, 0.3) is 0 Å². The maximum Gasteiger partial charge on any atom is 0.0492 e. The van der Waals surface area contributed by atoms with Crippen molar-refractivity contribution in [2.45, 2.75) is 0 Å². The molecule has 3 rings (SSSR count). The Morgan fingerprint density at radius 3 is 2.65 bits per heavy atom. The van der Waals surface area contributed by atoms with Crippen LogP contribution in [0, 0.1) is 0 Å². The lowest BCUT2D eigenvalue weighted by Crippen LogP contribution is -1.98. The van der Waals surface area contributed by atoms with Crippen LogP contribution in [0.1, 0.15) is 5.56 Å². The van der Waals surface area contributed by atoms with Crippen molar-refractivity contribution in [1.82, 2.24) is 0 Å². The molecule has 1 aromatic heterocycles. The van der Waals surface area contributed by atoms with Crippen molar-refractivity contribution in [3.05, 3.63) is 48.0 Å². The minimum Gasteiger partial charge on any atom is -0.399 e. The standard InChI is InChI=1S/C16H15N3S/c1-19-9-11-6-12(17)8-13(16(11)18)15-7-10-4-2-3-5-14(10)20-15/h2-9H,17-18H2,1H3. The molecule has 1 heterocycles. The quantitative estimate of drug-likeness (QED) is 0.554. The van der Waals surface area contributed by atoms with E-state index in [1.165, 1.54) is 10.1 Å². The molecule has 0 aliphatic heterocycles. The summed E-state index contributed by atoms with van der Waals surface area (Å²) in [6.45, 7) is 0. The molecule has 2 aromatic carbocycles. The van der Waals surface area contributed by atoms with Gasteiger partial charge in [-0.05, 0) is 29.7 Å². The molecule has 0 spiro atoms. The highest BCUT2D eigenvalue weighted by molar-refractivity contribution is 7.22. The van der Waals surface area contributed by atoms with Crippen molar-refractivity contribution in [1.29, 1.82) is 0 Å². The molecule has 0 radical (unpaired) electrons. The van der Waals surface area contributed by atoms with Gasteiger partial charge in [-0.3, -0.25) is 4.99 Å². The van der Waals surface area contributed by atoms with Gasteiger partial charge in [-0.25, -0.2) is 0 Å². The van der Waals surface area contributed by atoms with Gasteiger partial charge in [-0.1, -0.05) is 18.2 Å². The number of aliphatic imine (C=N–C) groups is 1. The van der Waals surface area contributed by atoms with Gasteiger partial charge < -0.3 is 11.5 Å². The van der Waals surface area contributed by atoms with Gasteiger partial charge in [0.1, 0.15) is 0 Å². The molecular weight excluding hydrogens is 266 g/mol. The summed E-state index contributed by atoms with van der Waals surface area (Å²) < 4.78 is 1.25. The molecule has 0 aliphatic carbocycles. The van der Waals surface area contributed by atoms with E-state index in [1.807, 2.05) is 24.3 Å². The molecule has 20 heavy (non-hydrogen) atoms. The highest BCUT2D eigenvalue weighted by Crippen LogP contribution is 2.38. The lowest BCUT2D eigenvalue weighted by molar-refractivity contribution is 1.46. The highest BCUT2D eigenvalue weighted by atomic mass is 32.1. The number of hydrogen-bond acceptors (Lipinski definition) is 4. The van der Waals surface area contributed by atoms with Crippen molar-refractivity contribution in [3.8, 4) is 10.4 Å². The SMILES string of the molecule is CN=Cc1cc(N)cc(-c2cc3ccccc3s2)c1N. The molecule has 3 nitrogen and oxygen atoms in total. The Balaban J connectivity index is 2.22. The molecule has 100 valence electrons. The average Bonchev–Trinajstić information content (AvgIpc) is 2.86. The summed E-state index contributed by atoms with van der Waals surface area (Å²) in [5.41, 5.74) is 15.5. The van der Waals surface area contributed by atoms with Crippen LogP contribution >= 0.6 is 11.3 Å². The molecular formula is C16H15N3S. The first-order chi connectivity index (χ1) is 9.69. The summed E-state index contributed by atoms with van der Waals surface area (Å²) in [5, 5.41) is 1.22. The molecule has 0 amide bonds. The van der Waals surface area contributed by atoms with Gasteiger partial charge in [-0.15, -0.1) is 11.3 Å². The Kier molecular flexibility index (Phi) is 3.16. The van der Waals surface area contributed by atoms with Crippen molar-refractivity contribution < 1.29 is 0 Å². The number of hydrogen-bond donors (Lipinski definition) is 2. The van der Waals surface area contributed by atoms with Crippen LogP contribution in [-0.4, -0.2) is 13.3 Å². The second-order valence-electron chi connectivity index (χ2n) is 4.61. The van der Waals surface area contributed by atoms with E-state index < -0.39 is 0 Å². The monoisotopic (exact) mass is 281 g/mol. The number of rotatable bonds is 2. The van der Waals surface area contributed by atoms with E-state index in [2.05, 4.69) is 23.2 Å². The van der Waals surface area contributed by atoms with Crippen LogP contribution in [0.2, 0.25) is 0 Å². The van der Waals surface area contributed by atoms with Gasteiger partial charge >= 0.3 is 0 Å². The largest absolute Gasteiger partial charge is 0.399 e. The third kappa shape index (κ3) is 2.14. The molecule has 4 heteroatoms. The summed E-state index contributed by atoms with van der Waals surface area (Å²) >= 11 is 1.72. The van der Waals surface area contributed by atoms with E-state index in [1.54, 1.807) is 24.6 Å². The summed E-state index contributed by atoms with van der Waals surface area (Å²) in [6, 6.07) is 14.2. The van der Waals surface area contributed by atoms with E-state index in [-0.39, 0.29) is 0 Å². The fraction of sp³-hybridized carbons (Fsp3) is 0.0625. The molecule has 0 fully saturated rings. The van der Waals surface area contributed by atoms with Gasteiger partial charge in [0.2, 0.25) is 0 Å². The summed E-state index contributed by atoms with van der Waals surface area (Å²) in [5.74, 6) is 0. The van der Waals surface area contributed by atoms with E-state index in [0.29, 0.717) is 5.69 Å². The topological polar surface area (TPSA) is 64.4 Å². The third-order valence-corrected chi connectivity index (χ3v) is 4.34. The Morgan fingerprint density at radius 1 is 1.10 bits per heavy atom. The second-order valence-corrected chi connectivity index (χ2v) is 5.69. The summed E-state index contributed by atoms with van der Waals surface area (Å²) in [7, 11) is 1.72. The van der Waals surface area contributed by atoms with Gasteiger partial charge in [0.15, 0.2) is 0 Å². The highest BCUT2D eigenvalue weighted by Gasteiger charge is 2.11. The number of benzene rings is 2. The maximum atomic E-state index is 6.25. The molecule has 4 N–H and O–H groups in total. The maximum absolute atomic E-state index is 6.25. The number of nitrogens with two attached hydrogens (primary N) is 2. The van der Waals surface area contributed by atoms with Crippen LogP contribution in [0.4, 0.5) is 11.4 Å². The summed E-state index contributed by atoms with van der Waals surface area (Å²) in [4.78, 5) is 5.15. The van der Waals surface area contributed by atoms with Crippen molar-refractivity contribution in [2.75, 3.05) is 18.5 Å². The fourth-order valence-electron chi connectivity index (χ4n) is 2.26. The van der Waals surface area contributed by atoms with Crippen molar-refractivity contribution in [2.24, 2.45) is 4.99 Å². The normalized spacial score (nSPS) is 11.4. The van der Waals surface area contributed by atoms with Crippen LogP contribution in [-0.2, 0) is 0 Å². The Morgan fingerprint density at radius 2 is 1.90 bits per heavy atom. The second kappa shape index (κ2) is 4.98. The summed E-state index contributed by atoms with van der Waals surface area (Å²) in [6.07, 6.45) is 1.74. The minimum atomic E-state index is 0.696. The zero-order chi connectivity index (χ0) is 14.1. The number of anilines is 2. The van der Waals surface area contributed by atoms with Gasteiger partial charge in [0.05, 0.1) is 0 Å². The van der Waals surface area contributed by atoms with Gasteiger partial charge in [-0.2, -0.15) is 0 Å². The molecule has 0 saturated heterocycles. The van der Waals surface area contributed by atoms with Crippen LogP contribution in [0.15, 0.2) is 47.5 Å². The molecule has 0 bridgehead atoms. The van der Waals surface area contributed by atoms with Crippen LogP contribution < -0.4 is 11.5 Å². The lowest BCUT2D eigenvalue weighted by atomic mass is 10.0.